The van der Waals surface area contributed by atoms with Gasteiger partial charge in [0.15, 0.2) is 11.5 Å². The van der Waals surface area contributed by atoms with E-state index < -0.39 is 0 Å². The SMILES string of the molecule is COc1cccc(C(=N)N)c1OC(C)C.Cl. The van der Waals surface area contributed by atoms with Crippen molar-refractivity contribution in [1.82, 2.24) is 0 Å². The molecule has 3 N–H and O–H groups in total. The number of nitrogen functional groups attached to an aromatic ring is 1. The second-order valence-electron chi connectivity index (χ2n) is 3.42. The van der Waals surface area contributed by atoms with Crippen LogP contribution in [-0.2, 0) is 0 Å². The van der Waals surface area contributed by atoms with Gasteiger partial charge in [0.2, 0.25) is 0 Å². The molecule has 0 spiro atoms. The summed E-state index contributed by atoms with van der Waals surface area (Å²) in [7, 11) is 1.56. The lowest BCUT2D eigenvalue weighted by molar-refractivity contribution is 0.229. The number of nitrogens with two attached hydrogens (primary N) is 1. The van der Waals surface area contributed by atoms with Crippen molar-refractivity contribution in [2.45, 2.75) is 20.0 Å². The minimum Gasteiger partial charge on any atom is -0.493 e. The number of ether oxygens (including phenoxy) is 2. The fourth-order valence-corrected chi connectivity index (χ4v) is 1.25. The first kappa shape index (κ1) is 14.6. The van der Waals surface area contributed by atoms with Crippen molar-refractivity contribution in [1.29, 1.82) is 5.41 Å². The first-order valence-corrected chi connectivity index (χ1v) is 4.74. The smallest absolute Gasteiger partial charge is 0.172 e. The van der Waals surface area contributed by atoms with Crippen LogP contribution in [0.4, 0.5) is 0 Å². The molecule has 16 heavy (non-hydrogen) atoms. The Bertz CT molecular complexity index is 367. The van der Waals surface area contributed by atoms with Crippen LogP contribution in [0.25, 0.3) is 0 Å². The summed E-state index contributed by atoms with van der Waals surface area (Å²) in [6, 6.07) is 5.30. The Hall–Kier alpha value is -1.42. The molecule has 0 aliphatic rings. The summed E-state index contributed by atoms with van der Waals surface area (Å²) in [4.78, 5) is 0. The van der Waals surface area contributed by atoms with Crippen LogP contribution in [-0.4, -0.2) is 19.0 Å². The molecule has 0 aliphatic carbocycles. The van der Waals surface area contributed by atoms with Gasteiger partial charge in [0, 0.05) is 0 Å². The molecule has 0 saturated heterocycles. The van der Waals surface area contributed by atoms with Crippen molar-refractivity contribution in [2.24, 2.45) is 5.73 Å². The largest absolute Gasteiger partial charge is 0.493 e. The number of para-hydroxylation sites is 1. The van der Waals surface area contributed by atoms with Crippen molar-refractivity contribution >= 4 is 18.2 Å². The summed E-state index contributed by atoms with van der Waals surface area (Å²) in [5.41, 5.74) is 6.02. The highest BCUT2D eigenvalue weighted by molar-refractivity contribution is 5.98. The molecule has 1 aromatic carbocycles. The number of methoxy groups -OCH3 is 1. The average molecular weight is 245 g/mol. The van der Waals surface area contributed by atoms with Gasteiger partial charge in [0.1, 0.15) is 5.84 Å². The van der Waals surface area contributed by atoms with Crippen LogP contribution in [0.5, 0.6) is 11.5 Å². The quantitative estimate of drug-likeness (QED) is 0.630. The predicted octanol–water partition coefficient (Wildman–Crippen LogP) is 2.19. The number of amidine groups is 1. The maximum absolute atomic E-state index is 7.43. The summed E-state index contributed by atoms with van der Waals surface area (Å²) >= 11 is 0. The molecule has 0 aliphatic heterocycles. The van der Waals surface area contributed by atoms with E-state index in [2.05, 4.69) is 0 Å². The van der Waals surface area contributed by atoms with Gasteiger partial charge in [-0.05, 0) is 26.0 Å². The molecule has 0 fully saturated rings. The molecule has 90 valence electrons. The zero-order valence-corrected chi connectivity index (χ0v) is 10.4. The minimum absolute atomic E-state index is 0. The second kappa shape index (κ2) is 6.23. The molecule has 4 nitrogen and oxygen atoms in total. The summed E-state index contributed by atoms with van der Waals surface area (Å²) in [6.45, 7) is 3.83. The van der Waals surface area contributed by atoms with Crippen LogP contribution in [0.3, 0.4) is 0 Å². The van der Waals surface area contributed by atoms with Crippen molar-refractivity contribution in [2.75, 3.05) is 7.11 Å². The van der Waals surface area contributed by atoms with Crippen LogP contribution in [0, 0.1) is 5.41 Å². The van der Waals surface area contributed by atoms with Gasteiger partial charge in [-0.1, -0.05) is 6.07 Å². The Morgan fingerprint density at radius 3 is 2.44 bits per heavy atom. The van der Waals surface area contributed by atoms with Crippen LogP contribution >= 0.6 is 12.4 Å². The van der Waals surface area contributed by atoms with Crippen LogP contribution in [0.2, 0.25) is 0 Å². The van der Waals surface area contributed by atoms with E-state index in [1.165, 1.54) is 0 Å². The van der Waals surface area contributed by atoms with Gasteiger partial charge in [0.25, 0.3) is 0 Å². The normalized spacial score (nSPS) is 9.50. The maximum Gasteiger partial charge on any atom is 0.172 e. The summed E-state index contributed by atoms with van der Waals surface area (Å²) in [5, 5.41) is 7.43. The zero-order chi connectivity index (χ0) is 11.4. The molecule has 0 bridgehead atoms. The monoisotopic (exact) mass is 244 g/mol. The molecule has 0 unspecified atom stereocenters. The summed E-state index contributed by atoms with van der Waals surface area (Å²) in [6.07, 6.45) is 0.0133. The van der Waals surface area contributed by atoms with E-state index >= 15 is 0 Å². The maximum atomic E-state index is 7.43. The molecule has 0 aromatic heterocycles. The highest BCUT2D eigenvalue weighted by Crippen LogP contribution is 2.31. The first-order valence-electron chi connectivity index (χ1n) is 4.74. The minimum atomic E-state index is -0.0236. The average Bonchev–Trinajstić information content (AvgIpc) is 2.16. The predicted molar refractivity (Wildman–Crippen MR) is 67.0 cm³/mol. The van der Waals surface area contributed by atoms with Crippen molar-refractivity contribution in [3.8, 4) is 11.5 Å². The van der Waals surface area contributed by atoms with Gasteiger partial charge in [-0.25, -0.2) is 0 Å². The van der Waals surface area contributed by atoms with Crippen molar-refractivity contribution in [3.05, 3.63) is 23.8 Å². The number of hydrogen-bond donors (Lipinski definition) is 2. The topological polar surface area (TPSA) is 68.3 Å². The summed E-state index contributed by atoms with van der Waals surface area (Å²) < 4.78 is 10.7. The molecule has 1 aromatic rings. The second-order valence-corrected chi connectivity index (χ2v) is 3.42. The molecule has 0 saturated carbocycles. The molecule has 0 heterocycles. The molecule has 5 heteroatoms. The lowest BCUT2D eigenvalue weighted by Crippen LogP contribution is -2.16. The third-order valence-electron chi connectivity index (χ3n) is 1.84. The fraction of sp³-hybridized carbons (Fsp3) is 0.364. The van der Waals surface area contributed by atoms with E-state index in [1.54, 1.807) is 25.3 Å². The molecule has 1 rings (SSSR count). The van der Waals surface area contributed by atoms with Gasteiger partial charge in [-0.15, -0.1) is 12.4 Å². The lowest BCUT2D eigenvalue weighted by Gasteiger charge is -2.16. The molecular weight excluding hydrogens is 228 g/mol. The van der Waals surface area contributed by atoms with Crippen molar-refractivity contribution < 1.29 is 9.47 Å². The molecular formula is C11H17ClN2O2. The Labute approximate surface area is 102 Å². The Morgan fingerprint density at radius 1 is 1.38 bits per heavy atom. The number of rotatable bonds is 4. The van der Waals surface area contributed by atoms with Crippen molar-refractivity contribution in [3.63, 3.8) is 0 Å². The zero-order valence-electron chi connectivity index (χ0n) is 9.61. The van der Waals surface area contributed by atoms with Gasteiger partial charge in [-0.3, -0.25) is 5.41 Å². The lowest BCUT2D eigenvalue weighted by atomic mass is 10.1. The standard InChI is InChI=1S/C11H16N2O2.ClH/c1-7(2)15-10-8(11(12)13)5-4-6-9(10)14-3;/h4-7H,1-3H3,(H3,12,13);1H. The van der Waals surface area contributed by atoms with E-state index in [0.717, 1.165) is 0 Å². The van der Waals surface area contributed by atoms with E-state index in [1.807, 2.05) is 13.8 Å². The Morgan fingerprint density at radius 2 is 2.00 bits per heavy atom. The third-order valence-corrected chi connectivity index (χ3v) is 1.84. The van der Waals surface area contributed by atoms with Gasteiger partial charge in [-0.2, -0.15) is 0 Å². The third kappa shape index (κ3) is 3.31. The van der Waals surface area contributed by atoms with E-state index in [0.29, 0.717) is 17.1 Å². The highest BCUT2D eigenvalue weighted by Gasteiger charge is 2.13. The molecule has 0 amide bonds. The van der Waals surface area contributed by atoms with Crippen LogP contribution < -0.4 is 15.2 Å². The number of nitrogens with one attached hydrogen (secondary N) is 1. The van der Waals surface area contributed by atoms with E-state index in [9.17, 15) is 0 Å². The highest BCUT2D eigenvalue weighted by atomic mass is 35.5. The number of benzene rings is 1. The van der Waals surface area contributed by atoms with Crippen LogP contribution in [0.1, 0.15) is 19.4 Å². The van der Waals surface area contributed by atoms with Gasteiger partial charge in [0.05, 0.1) is 18.8 Å². The van der Waals surface area contributed by atoms with Gasteiger partial charge >= 0.3 is 0 Å². The molecule has 0 atom stereocenters. The first-order chi connectivity index (χ1) is 7.06. The van der Waals surface area contributed by atoms with Crippen LogP contribution in [0.15, 0.2) is 18.2 Å². The fourth-order valence-electron chi connectivity index (χ4n) is 1.25. The van der Waals surface area contributed by atoms with E-state index in [4.69, 9.17) is 20.6 Å². The van der Waals surface area contributed by atoms with E-state index in [-0.39, 0.29) is 24.3 Å². The molecule has 0 radical (unpaired) electrons. The van der Waals surface area contributed by atoms with Gasteiger partial charge < -0.3 is 15.2 Å². The number of halogens is 1. The number of hydrogen-bond acceptors (Lipinski definition) is 3. The Kier molecular flexibility index (Phi) is 5.67. The summed E-state index contributed by atoms with van der Waals surface area (Å²) in [5.74, 6) is 1.10. The Balaban J connectivity index is 0.00000225.